The molecule has 0 atom stereocenters. The molecule has 3 nitrogen and oxygen atoms in total. The number of furan rings is 1. The predicted molar refractivity (Wildman–Crippen MR) is 74.7 cm³/mol. The average molecular weight is 266 g/mol. The van der Waals surface area contributed by atoms with Crippen molar-refractivity contribution in [3.63, 3.8) is 0 Å². The van der Waals surface area contributed by atoms with Crippen LogP contribution in [0.5, 0.6) is 0 Å². The third-order valence-corrected chi connectivity index (χ3v) is 3.76. The van der Waals surface area contributed by atoms with Gasteiger partial charge in [-0.05, 0) is 36.6 Å². The summed E-state index contributed by atoms with van der Waals surface area (Å²) in [6, 6.07) is 11.8. The second-order valence-electron chi connectivity index (χ2n) is 4.08. The largest absolute Gasteiger partial charge is 0.464 e. The number of nitriles is 1. The highest BCUT2D eigenvalue weighted by atomic mass is 32.1. The Morgan fingerprint density at radius 3 is 2.84 bits per heavy atom. The lowest BCUT2D eigenvalue weighted by atomic mass is 10.0. The number of aryl methyl sites for hydroxylation is 1. The summed E-state index contributed by atoms with van der Waals surface area (Å²) in [6.07, 6.45) is 1.61. The molecule has 92 valence electrons. The van der Waals surface area contributed by atoms with Gasteiger partial charge in [0.2, 0.25) is 0 Å². The smallest absolute Gasteiger partial charge is 0.135 e. The Morgan fingerprint density at radius 2 is 2.21 bits per heavy atom. The highest BCUT2D eigenvalue weighted by molar-refractivity contribution is 7.13. The molecule has 0 amide bonds. The fraction of sp³-hybridized carbons (Fsp3) is 0.0667. The number of pyridine rings is 1. The van der Waals surface area contributed by atoms with Gasteiger partial charge >= 0.3 is 0 Å². The Labute approximate surface area is 114 Å². The topological polar surface area (TPSA) is 49.8 Å². The standard InChI is InChI=1S/C15H10N2OS/c1-10-12(9-16)11(14-4-2-6-18-14)8-13(17-10)15-5-3-7-19-15/h2-8H,1H3. The van der Waals surface area contributed by atoms with Crippen LogP contribution >= 0.6 is 11.3 Å². The molecule has 0 fully saturated rings. The molecular formula is C15H10N2OS. The predicted octanol–water partition coefficient (Wildman–Crippen LogP) is 4.25. The van der Waals surface area contributed by atoms with Crippen LogP contribution in [0.3, 0.4) is 0 Å². The first-order valence-corrected chi connectivity index (χ1v) is 6.67. The van der Waals surface area contributed by atoms with E-state index in [-0.39, 0.29) is 0 Å². The number of thiophene rings is 1. The lowest BCUT2D eigenvalue weighted by molar-refractivity contribution is 0.582. The van der Waals surface area contributed by atoms with Crippen LogP contribution in [-0.2, 0) is 0 Å². The summed E-state index contributed by atoms with van der Waals surface area (Å²) in [4.78, 5) is 5.59. The van der Waals surface area contributed by atoms with Gasteiger partial charge in [0.25, 0.3) is 0 Å². The van der Waals surface area contributed by atoms with E-state index in [1.54, 1.807) is 17.6 Å². The van der Waals surface area contributed by atoms with Gasteiger partial charge < -0.3 is 4.42 Å². The number of hydrogen-bond acceptors (Lipinski definition) is 4. The summed E-state index contributed by atoms with van der Waals surface area (Å²) in [7, 11) is 0. The van der Waals surface area contributed by atoms with Crippen molar-refractivity contribution in [2.24, 2.45) is 0 Å². The Morgan fingerprint density at radius 1 is 1.32 bits per heavy atom. The lowest BCUT2D eigenvalue weighted by Crippen LogP contribution is -1.94. The van der Waals surface area contributed by atoms with Crippen molar-refractivity contribution in [1.29, 1.82) is 5.26 Å². The average Bonchev–Trinajstić information content (AvgIpc) is 3.11. The third kappa shape index (κ3) is 2.05. The quantitative estimate of drug-likeness (QED) is 0.696. The number of hydrogen-bond donors (Lipinski definition) is 0. The summed E-state index contributed by atoms with van der Waals surface area (Å²) >= 11 is 1.63. The van der Waals surface area contributed by atoms with Crippen LogP contribution < -0.4 is 0 Å². The second-order valence-corrected chi connectivity index (χ2v) is 5.03. The fourth-order valence-corrected chi connectivity index (χ4v) is 2.68. The van der Waals surface area contributed by atoms with Crippen molar-refractivity contribution < 1.29 is 4.42 Å². The molecule has 0 aliphatic heterocycles. The van der Waals surface area contributed by atoms with Gasteiger partial charge in [-0.15, -0.1) is 11.3 Å². The summed E-state index contributed by atoms with van der Waals surface area (Å²) in [6.45, 7) is 1.85. The maximum absolute atomic E-state index is 9.29. The molecule has 3 aromatic rings. The van der Waals surface area contributed by atoms with Crippen molar-refractivity contribution >= 4 is 11.3 Å². The molecule has 0 aliphatic carbocycles. The highest BCUT2D eigenvalue weighted by Crippen LogP contribution is 2.31. The Balaban J connectivity index is 2.25. The molecule has 0 unspecified atom stereocenters. The van der Waals surface area contributed by atoms with Crippen LogP contribution in [-0.4, -0.2) is 4.98 Å². The van der Waals surface area contributed by atoms with Crippen molar-refractivity contribution in [3.05, 3.63) is 53.2 Å². The lowest BCUT2D eigenvalue weighted by Gasteiger charge is -2.07. The molecule has 0 aromatic carbocycles. The molecule has 3 rings (SSSR count). The van der Waals surface area contributed by atoms with E-state index >= 15 is 0 Å². The van der Waals surface area contributed by atoms with E-state index in [0.29, 0.717) is 11.3 Å². The number of nitrogens with zero attached hydrogens (tertiary/aromatic N) is 2. The molecular weight excluding hydrogens is 256 g/mol. The minimum Gasteiger partial charge on any atom is -0.464 e. The Hall–Kier alpha value is -2.38. The SMILES string of the molecule is Cc1nc(-c2cccs2)cc(-c2ccco2)c1C#N. The van der Waals surface area contributed by atoms with Gasteiger partial charge in [0.05, 0.1) is 28.1 Å². The summed E-state index contributed by atoms with van der Waals surface area (Å²) < 4.78 is 5.41. The van der Waals surface area contributed by atoms with E-state index in [9.17, 15) is 5.26 Å². The highest BCUT2D eigenvalue weighted by Gasteiger charge is 2.14. The molecule has 3 aromatic heterocycles. The maximum Gasteiger partial charge on any atom is 0.135 e. The summed E-state index contributed by atoms with van der Waals surface area (Å²) in [5.74, 6) is 0.694. The van der Waals surface area contributed by atoms with E-state index < -0.39 is 0 Å². The number of aromatic nitrogens is 1. The molecule has 0 N–H and O–H groups in total. The minimum atomic E-state index is 0.565. The van der Waals surface area contributed by atoms with E-state index in [2.05, 4.69) is 11.1 Å². The Bertz CT molecular complexity index is 737. The van der Waals surface area contributed by atoms with E-state index in [4.69, 9.17) is 4.42 Å². The monoisotopic (exact) mass is 266 g/mol. The van der Waals surface area contributed by atoms with Gasteiger partial charge in [-0.2, -0.15) is 5.26 Å². The van der Waals surface area contributed by atoms with Crippen LogP contribution in [0.1, 0.15) is 11.3 Å². The normalized spacial score (nSPS) is 10.3. The van der Waals surface area contributed by atoms with Crippen LogP contribution in [0, 0.1) is 18.3 Å². The summed E-state index contributed by atoms with van der Waals surface area (Å²) in [5, 5.41) is 11.3. The summed E-state index contributed by atoms with van der Waals surface area (Å²) in [5.41, 5.74) is 2.95. The first-order chi connectivity index (χ1) is 9.29. The fourth-order valence-electron chi connectivity index (χ4n) is 1.99. The van der Waals surface area contributed by atoms with E-state index in [0.717, 1.165) is 21.8 Å². The van der Waals surface area contributed by atoms with E-state index in [1.165, 1.54) is 0 Å². The van der Waals surface area contributed by atoms with Crippen LogP contribution in [0.15, 0.2) is 46.4 Å². The van der Waals surface area contributed by atoms with Gasteiger partial charge in [0.1, 0.15) is 11.8 Å². The molecule has 0 saturated heterocycles. The van der Waals surface area contributed by atoms with Gasteiger partial charge in [-0.25, -0.2) is 0 Å². The molecule has 19 heavy (non-hydrogen) atoms. The van der Waals surface area contributed by atoms with Crippen molar-refractivity contribution in [1.82, 2.24) is 4.98 Å². The van der Waals surface area contributed by atoms with Gasteiger partial charge in [-0.3, -0.25) is 4.98 Å². The van der Waals surface area contributed by atoms with Crippen molar-refractivity contribution in [3.8, 4) is 28.0 Å². The molecule has 0 bridgehead atoms. The van der Waals surface area contributed by atoms with E-state index in [1.807, 2.05) is 42.6 Å². The van der Waals surface area contributed by atoms with Crippen LogP contribution in [0.4, 0.5) is 0 Å². The first-order valence-electron chi connectivity index (χ1n) is 5.79. The Kier molecular flexibility index (Phi) is 2.90. The zero-order valence-corrected chi connectivity index (χ0v) is 11.1. The molecule has 0 aliphatic rings. The molecule has 3 heterocycles. The zero-order valence-electron chi connectivity index (χ0n) is 10.3. The van der Waals surface area contributed by atoms with Crippen molar-refractivity contribution in [2.45, 2.75) is 6.92 Å². The van der Waals surface area contributed by atoms with Gasteiger partial charge in [0.15, 0.2) is 0 Å². The molecule has 0 saturated carbocycles. The first kappa shape index (κ1) is 11.7. The third-order valence-electron chi connectivity index (χ3n) is 2.87. The van der Waals surface area contributed by atoms with Gasteiger partial charge in [0, 0.05) is 5.56 Å². The minimum absolute atomic E-state index is 0.565. The maximum atomic E-state index is 9.29. The van der Waals surface area contributed by atoms with Crippen molar-refractivity contribution in [2.75, 3.05) is 0 Å². The van der Waals surface area contributed by atoms with Crippen LogP contribution in [0.2, 0.25) is 0 Å². The molecule has 0 radical (unpaired) electrons. The number of rotatable bonds is 2. The zero-order chi connectivity index (χ0) is 13.2. The van der Waals surface area contributed by atoms with Crippen LogP contribution in [0.25, 0.3) is 21.9 Å². The molecule has 4 heteroatoms. The molecule has 0 spiro atoms. The van der Waals surface area contributed by atoms with Gasteiger partial charge in [-0.1, -0.05) is 6.07 Å². The second kappa shape index (κ2) is 4.71.